The fourth-order valence-corrected chi connectivity index (χ4v) is 2.65. The lowest BCUT2D eigenvalue weighted by Crippen LogP contribution is -2.14. The number of ether oxygens (including phenoxy) is 1. The smallest absolute Gasteiger partial charge is 0.311 e. The molecule has 0 spiro atoms. The van der Waals surface area contributed by atoms with Gasteiger partial charge in [-0.25, -0.2) is 8.42 Å². The van der Waals surface area contributed by atoms with Gasteiger partial charge in [-0.05, 0) is 11.0 Å². The van der Waals surface area contributed by atoms with Gasteiger partial charge >= 0.3 is 5.69 Å². The molecule has 1 rings (SSSR count). The second-order valence-corrected chi connectivity index (χ2v) is 7.91. The molecule has 0 N–H and O–H groups in total. The van der Waals surface area contributed by atoms with E-state index in [2.05, 4.69) is 0 Å². The molecule has 0 aliphatic heterocycles. The predicted octanol–water partition coefficient (Wildman–Crippen LogP) is 2.45. The van der Waals surface area contributed by atoms with Crippen molar-refractivity contribution in [3.63, 3.8) is 0 Å². The molecule has 0 aliphatic carbocycles. The van der Waals surface area contributed by atoms with Gasteiger partial charge in [0.15, 0.2) is 9.84 Å². The molecule has 0 unspecified atom stereocenters. The first-order valence-corrected chi connectivity index (χ1v) is 8.05. The Morgan fingerprint density at radius 3 is 2.20 bits per heavy atom. The molecule has 0 fully saturated rings. The van der Waals surface area contributed by atoms with E-state index in [0.29, 0.717) is 11.1 Å². The van der Waals surface area contributed by atoms with Crippen molar-refractivity contribution in [1.82, 2.24) is 0 Å². The second-order valence-electron chi connectivity index (χ2n) is 5.76. The van der Waals surface area contributed by atoms with Crippen molar-refractivity contribution in [2.24, 2.45) is 0 Å². The van der Waals surface area contributed by atoms with Gasteiger partial charge in [0.1, 0.15) is 0 Å². The minimum Gasteiger partial charge on any atom is -0.490 e. The molecule has 7 heteroatoms. The molecule has 1 aromatic carbocycles. The summed E-state index contributed by atoms with van der Waals surface area (Å²) in [5, 5.41) is 11.2. The minimum atomic E-state index is -3.32. The van der Waals surface area contributed by atoms with Crippen LogP contribution in [0.15, 0.2) is 12.1 Å². The van der Waals surface area contributed by atoms with Crippen LogP contribution >= 0.6 is 0 Å². The SMILES string of the molecule is COc1c(CS(C)(=O)=O)cc(C(C)(C)C)cc1[N+](=O)[O-]. The van der Waals surface area contributed by atoms with Crippen LogP contribution in [0.4, 0.5) is 5.69 Å². The molecule has 0 radical (unpaired) electrons. The van der Waals surface area contributed by atoms with E-state index in [9.17, 15) is 18.5 Å². The molecule has 0 aliphatic rings. The number of rotatable bonds is 4. The molecular formula is C13H19NO5S. The van der Waals surface area contributed by atoms with E-state index in [0.717, 1.165) is 6.26 Å². The van der Waals surface area contributed by atoms with Crippen LogP contribution in [0.2, 0.25) is 0 Å². The number of nitrogens with zero attached hydrogens (tertiary/aromatic N) is 1. The highest BCUT2D eigenvalue weighted by Gasteiger charge is 2.26. The lowest BCUT2D eigenvalue weighted by atomic mass is 9.85. The summed E-state index contributed by atoms with van der Waals surface area (Å²) >= 11 is 0. The highest BCUT2D eigenvalue weighted by Crippen LogP contribution is 2.37. The molecule has 0 atom stereocenters. The zero-order valence-corrected chi connectivity index (χ0v) is 13.1. The standard InChI is InChI=1S/C13H19NO5S/c1-13(2,3)10-6-9(8-20(5,17)18)12(19-4)11(7-10)14(15)16/h6-7H,8H2,1-5H3. The van der Waals surface area contributed by atoms with E-state index < -0.39 is 14.8 Å². The van der Waals surface area contributed by atoms with E-state index in [1.54, 1.807) is 6.07 Å². The predicted molar refractivity (Wildman–Crippen MR) is 76.9 cm³/mol. The summed E-state index contributed by atoms with van der Waals surface area (Å²) in [6, 6.07) is 3.09. The Hall–Kier alpha value is -1.63. The van der Waals surface area contributed by atoms with Gasteiger partial charge in [0.2, 0.25) is 5.75 Å². The number of nitro groups is 1. The number of hydrogen-bond acceptors (Lipinski definition) is 5. The minimum absolute atomic E-state index is 0.00780. The highest BCUT2D eigenvalue weighted by molar-refractivity contribution is 7.89. The molecule has 0 aromatic heterocycles. The first-order valence-electron chi connectivity index (χ1n) is 5.99. The molecule has 1 aromatic rings. The number of methoxy groups -OCH3 is 1. The first kappa shape index (κ1) is 16.4. The molecule has 0 saturated heterocycles. The maximum atomic E-state index is 11.5. The van der Waals surface area contributed by atoms with Crippen LogP contribution in [0.3, 0.4) is 0 Å². The summed E-state index contributed by atoms with van der Waals surface area (Å²) in [6.45, 7) is 5.72. The maximum absolute atomic E-state index is 11.5. The van der Waals surface area contributed by atoms with Gasteiger partial charge in [-0.3, -0.25) is 10.1 Å². The average molecular weight is 301 g/mol. The molecule has 0 amide bonds. The van der Waals surface area contributed by atoms with Gasteiger partial charge in [0.05, 0.1) is 17.8 Å². The first-order chi connectivity index (χ1) is 8.95. The zero-order valence-electron chi connectivity index (χ0n) is 12.3. The normalized spacial score (nSPS) is 12.2. The third-order valence-electron chi connectivity index (χ3n) is 2.83. The second kappa shape index (κ2) is 5.40. The number of sulfone groups is 1. The summed E-state index contributed by atoms with van der Waals surface area (Å²) in [5.41, 5.74) is 0.472. The topological polar surface area (TPSA) is 86.5 Å². The van der Waals surface area contributed by atoms with Crippen molar-refractivity contribution in [2.45, 2.75) is 31.9 Å². The summed E-state index contributed by atoms with van der Waals surface area (Å²) in [5.74, 6) is -0.283. The molecule has 20 heavy (non-hydrogen) atoms. The van der Waals surface area contributed by atoms with Crippen LogP contribution < -0.4 is 4.74 Å². The molecular weight excluding hydrogens is 282 g/mol. The van der Waals surface area contributed by atoms with Gasteiger partial charge in [0, 0.05) is 17.9 Å². The van der Waals surface area contributed by atoms with Crippen molar-refractivity contribution < 1.29 is 18.1 Å². The van der Waals surface area contributed by atoms with Crippen LogP contribution in [-0.4, -0.2) is 26.7 Å². The van der Waals surface area contributed by atoms with Crippen molar-refractivity contribution in [3.8, 4) is 5.75 Å². The fourth-order valence-electron chi connectivity index (χ4n) is 1.87. The van der Waals surface area contributed by atoms with Crippen molar-refractivity contribution in [1.29, 1.82) is 0 Å². The van der Waals surface area contributed by atoms with E-state index >= 15 is 0 Å². The maximum Gasteiger partial charge on any atom is 0.311 e. The lowest BCUT2D eigenvalue weighted by Gasteiger charge is -2.21. The average Bonchev–Trinajstić information content (AvgIpc) is 2.24. The summed E-state index contributed by atoms with van der Waals surface area (Å²) in [7, 11) is -2.02. The molecule has 0 heterocycles. The Morgan fingerprint density at radius 2 is 1.85 bits per heavy atom. The Labute approximate surface area is 118 Å². The van der Waals surface area contributed by atoms with E-state index in [4.69, 9.17) is 4.74 Å². The lowest BCUT2D eigenvalue weighted by molar-refractivity contribution is -0.385. The summed E-state index contributed by atoms with van der Waals surface area (Å²) < 4.78 is 28.0. The highest BCUT2D eigenvalue weighted by atomic mass is 32.2. The molecule has 112 valence electrons. The third kappa shape index (κ3) is 3.93. The fraction of sp³-hybridized carbons (Fsp3) is 0.538. The van der Waals surface area contributed by atoms with Crippen molar-refractivity contribution >= 4 is 15.5 Å². The van der Waals surface area contributed by atoms with Gasteiger partial charge in [-0.1, -0.05) is 26.8 Å². The zero-order chi connectivity index (χ0) is 15.7. The third-order valence-corrected chi connectivity index (χ3v) is 3.67. The Bertz CT molecular complexity index is 629. The van der Waals surface area contributed by atoms with Crippen LogP contribution in [0.5, 0.6) is 5.75 Å². The quantitative estimate of drug-likeness (QED) is 0.629. The summed E-state index contributed by atoms with van der Waals surface area (Å²) in [4.78, 5) is 10.6. The van der Waals surface area contributed by atoms with Crippen LogP contribution in [-0.2, 0) is 21.0 Å². The number of benzene rings is 1. The molecule has 0 saturated carbocycles. The van der Waals surface area contributed by atoms with Gasteiger partial charge < -0.3 is 4.74 Å². The molecule has 6 nitrogen and oxygen atoms in total. The Balaban J connectivity index is 3.62. The van der Waals surface area contributed by atoms with E-state index in [1.807, 2.05) is 20.8 Å². The summed E-state index contributed by atoms with van der Waals surface area (Å²) in [6.07, 6.45) is 1.09. The van der Waals surface area contributed by atoms with Gasteiger partial charge in [-0.15, -0.1) is 0 Å². The molecule has 0 bridgehead atoms. The Kier molecular flexibility index (Phi) is 4.43. The van der Waals surface area contributed by atoms with E-state index in [-0.39, 0.29) is 22.6 Å². The van der Waals surface area contributed by atoms with E-state index in [1.165, 1.54) is 13.2 Å². The van der Waals surface area contributed by atoms with Crippen LogP contribution in [0.25, 0.3) is 0 Å². The monoisotopic (exact) mass is 301 g/mol. The number of nitro benzene ring substituents is 1. The van der Waals surface area contributed by atoms with Crippen molar-refractivity contribution in [2.75, 3.05) is 13.4 Å². The number of hydrogen-bond donors (Lipinski definition) is 0. The Morgan fingerprint density at radius 1 is 1.30 bits per heavy atom. The van der Waals surface area contributed by atoms with Crippen molar-refractivity contribution in [3.05, 3.63) is 33.4 Å². The largest absolute Gasteiger partial charge is 0.490 e. The van der Waals surface area contributed by atoms with Gasteiger partial charge in [-0.2, -0.15) is 0 Å². The van der Waals surface area contributed by atoms with Crippen LogP contribution in [0.1, 0.15) is 31.9 Å². The van der Waals surface area contributed by atoms with Gasteiger partial charge in [0.25, 0.3) is 0 Å². The van der Waals surface area contributed by atoms with Crippen LogP contribution in [0, 0.1) is 10.1 Å².